The van der Waals surface area contributed by atoms with Gasteiger partial charge in [-0.05, 0) is 35.2 Å². The Bertz CT molecular complexity index is 672. The number of carbonyl (C=O) groups is 1. The smallest absolute Gasteiger partial charge is 0.339 e. The lowest BCUT2D eigenvalue weighted by atomic mass is 9.87. The van der Waals surface area contributed by atoms with Gasteiger partial charge in [-0.1, -0.05) is 45.0 Å². The molecule has 0 radical (unpaired) electrons. The third-order valence-corrected chi connectivity index (χ3v) is 3.74. The van der Waals surface area contributed by atoms with Crippen LogP contribution in [0.15, 0.2) is 48.5 Å². The van der Waals surface area contributed by atoms with Gasteiger partial charge in [0, 0.05) is 12.2 Å². The highest BCUT2D eigenvalue weighted by molar-refractivity contribution is 5.95. The summed E-state index contributed by atoms with van der Waals surface area (Å²) < 4.78 is 10.5. The summed E-state index contributed by atoms with van der Waals surface area (Å²) in [6.07, 6.45) is 0. The van der Waals surface area contributed by atoms with Crippen molar-refractivity contribution in [3.05, 3.63) is 59.7 Å². The third kappa shape index (κ3) is 4.75. The first-order valence-electron chi connectivity index (χ1n) is 8.06. The zero-order chi connectivity index (χ0) is 17.6. The van der Waals surface area contributed by atoms with Crippen LogP contribution >= 0.6 is 0 Å². The maximum atomic E-state index is 11.7. The van der Waals surface area contributed by atoms with Crippen molar-refractivity contribution in [3.63, 3.8) is 0 Å². The van der Waals surface area contributed by atoms with E-state index in [-0.39, 0.29) is 11.4 Å². The summed E-state index contributed by atoms with van der Waals surface area (Å²) in [5.74, 6) is 0.489. The molecule has 0 amide bonds. The van der Waals surface area contributed by atoms with Crippen molar-refractivity contribution >= 4 is 11.7 Å². The van der Waals surface area contributed by atoms with Crippen LogP contribution in [0.25, 0.3) is 0 Å². The zero-order valence-electron chi connectivity index (χ0n) is 14.8. The number of anilines is 1. The molecule has 0 aliphatic carbocycles. The Morgan fingerprint density at radius 3 is 2.33 bits per heavy atom. The van der Waals surface area contributed by atoms with Gasteiger partial charge in [0.05, 0.1) is 12.7 Å². The number of methoxy groups -OCH3 is 1. The molecular formula is C20H25NO3. The van der Waals surface area contributed by atoms with E-state index in [1.807, 2.05) is 30.3 Å². The lowest BCUT2D eigenvalue weighted by Gasteiger charge is -2.19. The summed E-state index contributed by atoms with van der Waals surface area (Å²) in [7, 11) is 1.38. The van der Waals surface area contributed by atoms with E-state index < -0.39 is 0 Å². The Balaban J connectivity index is 1.86. The second-order valence-corrected chi connectivity index (χ2v) is 6.59. The van der Waals surface area contributed by atoms with Gasteiger partial charge >= 0.3 is 5.97 Å². The van der Waals surface area contributed by atoms with Crippen LogP contribution in [0.5, 0.6) is 5.75 Å². The van der Waals surface area contributed by atoms with E-state index in [0.717, 1.165) is 11.4 Å². The minimum absolute atomic E-state index is 0.137. The monoisotopic (exact) mass is 327 g/mol. The van der Waals surface area contributed by atoms with E-state index in [4.69, 9.17) is 9.47 Å². The normalized spacial score (nSPS) is 11.0. The largest absolute Gasteiger partial charge is 0.492 e. The molecule has 0 fully saturated rings. The number of carbonyl (C=O) groups excluding carboxylic acids is 1. The summed E-state index contributed by atoms with van der Waals surface area (Å²) in [4.78, 5) is 11.7. The molecule has 0 unspecified atom stereocenters. The van der Waals surface area contributed by atoms with E-state index in [9.17, 15) is 4.79 Å². The average molecular weight is 327 g/mol. The van der Waals surface area contributed by atoms with Crippen molar-refractivity contribution < 1.29 is 14.3 Å². The van der Waals surface area contributed by atoms with Crippen LogP contribution in [0.3, 0.4) is 0 Å². The van der Waals surface area contributed by atoms with Gasteiger partial charge in [0.1, 0.15) is 12.4 Å². The predicted octanol–water partition coefficient (Wildman–Crippen LogP) is 4.26. The Labute approximate surface area is 143 Å². The molecule has 2 aromatic rings. The lowest BCUT2D eigenvalue weighted by molar-refractivity contribution is 0.0602. The highest BCUT2D eigenvalue weighted by atomic mass is 16.5. The van der Waals surface area contributed by atoms with E-state index >= 15 is 0 Å². The first-order valence-corrected chi connectivity index (χ1v) is 8.06. The quantitative estimate of drug-likeness (QED) is 0.636. The van der Waals surface area contributed by atoms with Crippen molar-refractivity contribution in [2.24, 2.45) is 0 Å². The van der Waals surface area contributed by atoms with Crippen LogP contribution in [0, 0.1) is 0 Å². The van der Waals surface area contributed by atoms with Gasteiger partial charge in [-0.3, -0.25) is 0 Å². The van der Waals surface area contributed by atoms with E-state index in [2.05, 4.69) is 38.2 Å². The van der Waals surface area contributed by atoms with Gasteiger partial charge < -0.3 is 14.8 Å². The van der Waals surface area contributed by atoms with Crippen LogP contribution in [-0.4, -0.2) is 26.2 Å². The lowest BCUT2D eigenvalue weighted by Crippen LogP contribution is -2.14. The molecule has 0 aromatic heterocycles. The number of para-hydroxylation sites is 1. The van der Waals surface area contributed by atoms with Crippen molar-refractivity contribution in [1.29, 1.82) is 0 Å². The summed E-state index contributed by atoms with van der Waals surface area (Å²) in [5, 5.41) is 3.21. The molecule has 0 saturated heterocycles. The molecule has 0 aliphatic heterocycles. The molecule has 0 spiro atoms. The summed E-state index contributed by atoms with van der Waals surface area (Å²) in [6.45, 7) is 7.65. The Kier molecular flexibility index (Phi) is 5.85. The Morgan fingerprint density at radius 2 is 1.71 bits per heavy atom. The second-order valence-electron chi connectivity index (χ2n) is 6.59. The van der Waals surface area contributed by atoms with Crippen molar-refractivity contribution in [3.8, 4) is 5.75 Å². The van der Waals surface area contributed by atoms with E-state index in [0.29, 0.717) is 18.7 Å². The Morgan fingerprint density at radius 1 is 1.04 bits per heavy atom. The Hall–Kier alpha value is -2.49. The predicted molar refractivity (Wildman–Crippen MR) is 96.9 cm³/mol. The minimum atomic E-state index is -0.350. The molecule has 0 bridgehead atoms. The first kappa shape index (κ1) is 17.9. The van der Waals surface area contributed by atoms with Gasteiger partial charge in [0.2, 0.25) is 0 Å². The molecule has 2 rings (SSSR count). The van der Waals surface area contributed by atoms with E-state index in [1.165, 1.54) is 12.7 Å². The van der Waals surface area contributed by atoms with Crippen LogP contribution in [-0.2, 0) is 10.2 Å². The van der Waals surface area contributed by atoms with Crippen LogP contribution < -0.4 is 10.1 Å². The van der Waals surface area contributed by atoms with Gasteiger partial charge in [-0.15, -0.1) is 0 Å². The molecular weight excluding hydrogens is 302 g/mol. The molecule has 0 heterocycles. The number of ether oxygens (including phenoxy) is 2. The number of benzene rings is 2. The summed E-state index contributed by atoms with van der Waals surface area (Å²) in [5.41, 5.74) is 2.68. The van der Waals surface area contributed by atoms with Crippen molar-refractivity contribution in [2.45, 2.75) is 26.2 Å². The summed E-state index contributed by atoms with van der Waals surface area (Å²) in [6, 6.07) is 15.4. The van der Waals surface area contributed by atoms with Crippen LogP contribution in [0.1, 0.15) is 36.7 Å². The molecule has 0 atom stereocenters. The number of rotatable bonds is 6. The van der Waals surface area contributed by atoms with Crippen LogP contribution in [0.4, 0.5) is 5.69 Å². The number of hydrogen-bond donors (Lipinski definition) is 1. The van der Waals surface area contributed by atoms with Gasteiger partial charge in [-0.25, -0.2) is 4.79 Å². The highest BCUT2D eigenvalue weighted by Crippen LogP contribution is 2.24. The van der Waals surface area contributed by atoms with Crippen LogP contribution in [0.2, 0.25) is 0 Å². The molecule has 1 N–H and O–H groups in total. The SMILES string of the molecule is COC(=O)c1ccccc1NCCOc1ccc(C(C)(C)C)cc1. The molecule has 24 heavy (non-hydrogen) atoms. The number of esters is 1. The summed E-state index contributed by atoms with van der Waals surface area (Å²) >= 11 is 0. The molecule has 0 saturated carbocycles. The number of nitrogens with one attached hydrogen (secondary N) is 1. The van der Waals surface area contributed by atoms with Crippen molar-refractivity contribution in [1.82, 2.24) is 0 Å². The van der Waals surface area contributed by atoms with E-state index in [1.54, 1.807) is 6.07 Å². The zero-order valence-corrected chi connectivity index (χ0v) is 14.8. The van der Waals surface area contributed by atoms with Gasteiger partial charge in [0.15, 0.2) is 0 Å². The molecule has 0 aliphatic rings. The molecule has 2 aromatic carbocycles. The maximum absolute atomic E-state index is 11.7. The second kappa shape index (κ2) is 7.86. The molecule has 128 valence electrons. The molecule has 4 nitrogen and oxygen atoms in total. The highest BCUT2D eigenvalue weighted by Gasteiger charge is 2.13. The van der Waals surface area contributed by atoms with Gasteiger partial charge in [0.25, 0.3) is 0 Å². The molecule has 4 heteroatoms. The topological polar surface area (TPSA) is 47.6 Å². The first-order chi connectivity index (χ1) is 11.4. The van der Waals surface area contributed by atoms with Crippen molar-refractivity contribution in [2.75, 3.05) is 25.6 Å². The standard InChI is InChI=1S/C20H25NO3/c1-20(2,3)15-9-11-16(12-10-15)24-14-13-21-18-8-6-5-7-17(18)19(22)23-4/h5-12,21H,13-14H2,1-4H3. The van der Waals surface area contributed by atoms with Gasteiger partial charge in [-0.2, -0.15) is 0 Å². The fraction of sp³-hybridized carbons (Fsp3) is 0.350. The third-order valence-electron chi connectivity index (χ3n) is 3.74. The average Bonchev–Trinajstić information content (AvgIpc) is 2.58. The minimum Gasteiger partial charge on any atom is -0.492 e. The maximum Gasteiger partial charge on any atom is 0.339 e. The number of hydrogen-bond acceptors (Lipinski definition) is 4. The fourth-order valence-electron chi connectivity index (χ4n) is 2.33. The fourth-order valence-corrected chi connectivity index (χ4v) is 2.33.